The van der Waals surface area contributed by atoms with E-state index >= 15 is 0 Å². The molecule has 0 nitrogen and oxygen atoms in total. The van der Waals surface area contributed by atoms with E-state index in [1.54, 1.807) is 5.57 Å². The predicted molar refractivity (Wildman–Crippen MR) is 91.7 cm³/mol. The van der Waals surface area contributed by atoms with Crippen molar-refractivity contribution in [2.45, 2.75) is 33.1 Å². The van der Waals surface area contributed by atoms with Crippen LogP contribution in [0.5, 0.6) is 0 Å². The fraction of sp³-hybridized carbons (Fsp3) is 0.238. The van der Waals surface area contributed by atoms with Crippen LogP contribution in [-0.2, 0) is 0 Å². The second-order valence-corrected chi connectivity index (χ2v) is 6.05. The van der Waals surface area contributed by atoms with Crippen molar-refractivity contribution in [1.29, 1.82) is 0 Å². The Bertz CT molecular complexity index is 787. The Labute approximate surface area is 126 Å². The maximum Gasteiger partial charge on any atom is -0.00579 e. The summed E-state index contributed by atoms with van der Waals surface area (Å²) >= 11 is 0. The summed E-state index contributed by atoms with van der Waals surface area (Å²) in [6.07, 6.45) is 3.70. The third-order valence-electron chi connectivity index (χ3n) is 4.83. The minimum atomic E-state index is 1.19. The van der Waals surface area contributed by atoms with Crippen LogP contribution in [-0.4, -0.2) is 0 Å². The Kier molecular flexibility index (Phi) is 2.85. The van der Waals surface area contributed by atoms with E-state index in [0.29, 0.717) is 0 Å². The third-order valence-corrected chi connectivity index (χ3v) is 4.83. The SMILES string of the molecule is CCCCC1=C2C(=C(C)c3ccccc32)c2ccccc21. The molecule has 0 aliphatic heterocycles. The highest BCUT2D eigenvalue weighted by Crippen LogP contribution is 2.56. The van der Waals surface area contributed by atoms with Crippen molar-refractivity contribution >= 4 is 22.3 Å². The third kappa shape index (κ3) is 1.68. The molecular weight excluding hydrogens is 252 g/mol. The molecule has 104 valence electrons. The molecule has 0 unspecified atom stereocenters. The van der Waals surface area contributed by atoms with E-state index in [2.05, 4.69) is 62.4 Å². The molecular formula is C21H20. The van der Waals surface area contributed by atoms with Gasteiger partial charge in [0.1, 0.15) is 0 Å². The van der Waals surface area contributed by atoms with Gasteiger partial charge in [0.15, 0.2) is 0 Å². The Morgan fingerprint density at radius 1 is 0.714 bits per heavy atom. The summed E-state index contributed by atoms with van der Waals surface area (Å²) in [4.78, 5) is 0. The molecule has 0 amide bonds. The monoisotopic (exact) mass is 272 g/mol. The maximum absolute atomic E-state index is 2.30. The Morgan fingerprint density at radius 3 is 1.95 bits per heavy atom. The molecule has 2 aromatic carbocycles. The topological polar surface area (TPSA) is 0 Å². The van der Waals surface area contributed by atoms with Gasteiger partial charge in [-0.15, -0.1) is 0 Å². The van der Waals surface area contributed by atoms with Crippen LogP contribution in [0.25, 0.3) is 22.3 Å². The summed E-state index contributed by atoms with van der Waals surface area (Å²) < 4.78 is 0. The van der Waals surface area contributed by atoms with Crippen molar-refractivity contribution in [1.82, 2.24) is 0 Å². The van der Waals surface area contributed by atoms with Crippen molar-refractivity contribution in [3.63, 3.8) is 0 Å². The van der Waals surface area contributed by atoms with Gasteiger partial charge in [0, 0.05) is 0 Å². The van der Waals surface area contributed by atoms with Gasteiger partial charge in [-0.25, -0.2) is 0 Å². The zero-order valence-electron chi connectivity index (χ0n) is 12.7. The minimum Gasteiger partial charge on any atom is -0.0654 e. The second kappa shape index (κ2) is 4.73. The standard InChI is InChI=1S/C21H20/c1-3-4-9-19-16-11-6-8-13-18(16)20-14(2)15-10-5-7-12-17(15)21(19)20/h5-8,10-13H,3-4,9H2,1-2H3. The summed E-state index contributed by atoms with van der Waals surface area (Å²) in [5, 5.41) is 0. The van der Waals surface area contributed by atoms with Gasteiger partial charge in [0.05, 0.1) is 0 Å². The minimum absolute atomic E-state index is 1.19. The van der Waals surface area contributed by atoms with Crippen molar-refractivity contribution in [2.75, 3.05) is 0 Å². The molecule has 21 heavy (non-hydrogen) atoms. The lowest BCUT2D eigenvalue weighted by molar-refractivity contribution is 0.825. The average Bonchev–Trinajstić information content (AvgIpc) is 3.00. The molecule has 2 aromatic rings. The first kappa shape index (κ1) is 12.6. The Morgan fingerprint density at radius 2 is 1.29 bits per heavy atom. The van der Waals surface area contributed by atoms with E-state index < -0.39 is 0 Å². The summed E-state index contributed by atoms with van der Waals surface area (Å²) in [6, 6.07) is 17.8. The molecule has 0 atom stereocenters. The largest absolute Gasteiger partial charge is 0.0654 e. The number of hydrogen-bond acceptors (Lipinski definition) is 0. The van der Waals surface area contributed by atoms with Crippen LogP contribution in [0.3, 0.4) is 0 Å². The number of rotatable bonds is 3. The maximum atomic E-state index is 2.30. The van der Waals surface area contributed by atoms with Crippen LogP contribution in [0.2, 0.25) is 0 Å². The molecule has 2 aliphatic carbocycles. The zero-order chi connectivity index (χ0) is 14.4. The molecule has 0 saturated heterocycles. The summed E-state index contributed by atoms with van der Waals surface area (Å²) in [5.74, 6) is 0. The van der Waals surface area contributed by atoms with Crippen LogP contribution in [0.4, 0.5) is 0 Å². The molecule has 0 heteroatoms. The lowest BCUT2D eigenvalue weighted by atomic mass is 9.95. The first-order valence-corrected chi connectivity index (χ1v) is 7.97. The fourth-order valence-electron chi connectivity index (χ4n) is 3.85. The quantitative estimate of drug-likeness (QED) is 0.638. The molecule has 0 saturated carbocycles. The van der Waals surface area contributed by atoms with Gasteiger partial charge in [-0.3, -0.25) is 0 Å². The van der Waals surface area contributed by atoms with Crippen molar-refractivity contribution in [3.8, 4) is 0 Å². The second-order valence-electron chi connectivity index (χ2n) is 6.05. The fourth-order valence-corrected chi connectivity index (χ4v) is 3.85. The van der Waals surface area contributed by atoms with Gasteiger partial charge >= 0.3 is 0 Å². The number of allylic oxidation sites excluding steroid dienone is 4. The average molecular weight is 272 g/mol. The highest BCUT2D eigenvalue weighted by Gasteiger charge is 2.33. The van der Waals surface area contributed by atoms with Gasteiger partial charge in [0.2, 0.25) is 0 Å². The first-order chi connectivity index (χ1) is 10.3. The summed E-state index contributed by atoms with van der Waals surface area (Å²) in [6.45, 7) is 4.55. The van der Waals surface area contributed by atoms with Crippen molar-refractivity contribution in [2.24, 2.45) is 0 Å². The lowest BCUT2D eigenvalue weighted by Crippen LogP contribution is -1.88. The van der Waals surface area contributed by atoms with Gasteiger partial charge < -0.3 is 0 Å². The summed E-state index contributed by atoms with van der Waals surface area (Å²) in [5.41, 5.74) is 11.8. The van der Waals surface area contributed by atoms with Crippen LogP contribution in [0.15, 0.2) is 48.5 Å². The van der Waals surface area contributed by atoms with Gasteiger partial charge in [0.25, 0.3) is 0 Å². The van der Waals surface area contributed by atoms with E-state index in [1.165, 1.54) is 58.2 Å². The molecule has 2 aliphatic rings. The lowest BCUT2D eigenvalue weighted by Gasteiger charge is -2.08. The van der Waals surface area contributed by atoms with Crippen LogP contribution in [0, 0.1) is 0 Å². The van der Waals surface area contributed by atoms with Gasteiger partial charge in [-0.05, 0) is 64.3 Å². The van der Waals surface area contributed by atoms with E-state index in [4.69, 9.17) is 0 Å². The van der Waals surface area contributed by atoms with Gasteiger partial charge in [-0.1, -0.05) is 61.9 Å². The van der Waals surface area contributed by atoms with E-state index in [1.807, 2.05) is 0 Å². The molecule has 0 spiro atoms. The summed E-state index contributed by atoms with van der Waals surface area (Å²) in [7, 11) is 0. The molecule has 0 heterocycles. The number of fused-ring (bicyclic) bond motifs is 5. The molecule has 4 rings (SSSR count). The number of unbranched alkanes of at least 4 members (excludes halogenated alkanes) is 1. The molecule has 0 fully saturated rings. The van der Waals surface area contributed by atoms with Crippen molar-refractivity contribution < 1.29 is 0 Å². The highest BCUT2D eigenvalue weighted by molar-refractivity contribution is 6.31. The smallest absolute Gasteiger partial charge is 0.00579 e. The normalized spacial score (nSPS) is 15.3. The molecule has 0 N–H and O–H groups in total. The van der Waals surface area contributed by atoms with Gasteiger partial charge in [-0.2, -0.15) is 0 Å². The van der Waals surface area contributed by atoms with E-state index in [-0.39, 0.29) is 0 Å². The highest BCUT2D eigenvalue weighted by atomic mass is 14.4. The predicted octanol–water partition coefficient (Wildman–Crippen LogP) is 6.05. The molecule has 0 aromatic heterocycles. The van der Waals surface area contributed by atoms with E-state index in [9.17, 15) is 0 Å². The zero-order valence-corrected chi connectivity index (χ0v) is 12.7. The van der Waals surface area contributed by atoms with Crippen LogP contribution in [0.1, 0.15) is 55.4 Å². The van der Waals surface area contributed by atoms with Crippen LogP contribution < -0.4 is 0 Å². The number of benzene rings is 2. The van der Waals surface area contributed by atoms with Crippen LogP contribution >= 0.6 is 0 Å². The molecule has 0 bridgehead atoms. The Balaban J connectivity index is 2.01. The van der Waals surface area contributed by atoms with Crippen molar-refractivity contribution in [3.05, 3.63) is 70.8 Å². The number of hydrogen-bond donors (Lipinski definition) is 0. The Hall–Kier alpha value is -2.08. The first-order valence-electron chi connectivity index (χ1n) is 7.97. The molecule has 0 radical (unpaired) electrons. The van der Waals surface area contributed by atoms with E-state index in [0.717, 1.165) is 0 Å².